The zero-order valence-electron chi connectivity index (χ0n) is 31.9. The number of aliphatic hydroxyl groups excluding tert-OH is 5. The van der Waals surface area contributed by atoms with Gasteiger partial charge in [-0.25, -0.2) is 0 Å². The number of carbonyl (C=O) groups excluding carboxylic acids is 3. The third-order valence-corrected chi connectivity index (χ3v) is 11.4. The minimum absolute atomic E-state index is 0.0271. The summed E-state index contributed by atoms with van der Waals surface area (Å²) >= 11 is 0. The molecule has 20 nitrogen and oxygen atoms in total. The molecule has 2 aromatic carbocycles. The van der Waals surface area contributed by atoms with Crippen LogP contribution in [0.15, 0.2) is 41.5 Å². The number of hydrogen-bond acceptors (Lipinski definition) is 18. The molecule has 59 heavy (non-hydrogen) atoms. The Bertz CT molecular complexity index is 2150. The average molecular weight is 829 g/mol. The fourth-order valence-corrected chi connectivity index (χ4v) is 8.54. The van der Waals surface area contributed by atoms with E-state index in [2.05, 4.69) is 10.6 Å². The molecule has 2 fully saturated rings. The lowest BCUT2D eigenvalue weighted by molar-refractivity contribution is -0.336. The first-order valence-corrected chi connectivity index (χ1v) is 18.5. The first-order chi connectivity index (χ1) is 27.8. The van der Waals surface area contributed by atoms with E-state index < -0.39 is 127 Å². The van der Waals surface area contributed by atoms with E-state index in [-0.39, 0.29) is 50.3 Å². The van der Waals surface area contributed by atoms with E-state index in [1.807, 2.05) is 0 Å². The van der Waals surface area contributed by atoms with Gasteiger partial charge in [0.2, 0.25) is 11.7 Å². The van der Waals surface area contributed by atoms with E-state index >= 15 is 0 Å². The van der Waals surface area contributed by atoms with E-state index in [9.17, 15) is 65.1 Å². The molecule has 0 radical (unpaired) electrons. The number of carboxylic acids is 1. The van der Waals surface area contributed by atoms with E-state index in [0.29, 0.717) is 0 Å². The van der Waals surface area contributed by atoms with Crippen molar-refractivity contribution in [2.75, 3.05) is 27.3 Å². The number of ketones is 2. The monoisotopic (exact) mass is 828 g/mol. The number of nitrogens with one attached hydrogen (secondary N) is 2. The molecule has 11 N–H and O–H groups in total. The maximum absolute atomic E-state index is 14.0. The molecule has 0 bridgehead atoms. The van der Waals surface area contributed by atoms with E-state index in [4.69, 9.17) is 23.7 Å². The van der Waals surface area contributed by atoms with E-state index in [0.717, 1.165) is 18.2 Å². The third-order valence-electron chi connectivity index (χ3n) is 11.4. The molecule has 318 valence electrons. The zero-order valence-corrected chi connectivity index (χ0v) is 31.9. The van der Waals surface area contributed by atoms with Crippen molar-refractivity contribution in [1.82, 2.24) is 10.6 Å². The predicted molar refractivity (Wildman–Crippen MR) is 196 cm³/mol. The molecule has 3 aliphatic carbocycles. The minimum atomic E-state index is -3.20. The Balaban J connectivity index is 1.33. The summed E-state index contributed by atoms with van der Waals surface area (Å²) in [4.78, 5) is 52.7. The molecule has 5 aliphatic rings. The van der Waals surface area contributed by atoms with Crippen molar-refractivity contribution in [2.45, 2.75) is 87.1 Å². The number of carboxylic acid groups (broad SMARTS) is 1. The highest BCUT2D eigenvalue weighted by molar-refractivity contribution is 6.29. The second-order valence-electron chi connectivity index (χ2n) is 15.1. The quantitative estimate of drug-likeness (QED) is 0.0981. The maximum atomic E-state index is 14.0. The summed E-state index contributed by atoms with van der Waals surface area (Å²) in [5.74, 6) is -9.69. The summed E-state index contributed by atoms with van der Waals surface area (Å²) in [5.41, 5.74) is -2.19. The van der Waals surface area contributed by atoms with Gasteiger partial charge in [-0.1, -0.05) is 11.6 Å². The fourth-order valence-electron chi connectivity index (χ4n) is 8.54. The van der Waals surface area contributed by atoms with E-state index in [1.54, 1.807) is 6.92 Å². The summed E-state index contributed by atoms with van der Waals surface area (Å²) in [6, 6.07) is 3.83. The Morgan fingerprint density at radius 1 is 0.915 bits per heavy atom. The smallest absolute Gasteiger partial charge is 0.322 e. The molecule has 12 atom stereocenters. The number of benzene rings is 2. The Morgan fingerprint density at radius 2 is 1.61 bits per heavy atom. The van der Waals surface area contributed by atoms with Gasteiger partial charge in [0.05, 0.1) is 31.4 Å². The number of phenols is 1. The topological polar surface area (TPSA) is 321 Å². The summed E-state index contributed by atoms with van der Waals surface area (Å²) in [6.45, 7) is 1.65. The van der Waals surface area contributed by atoms with Gasteiger partial charge in [0.1, 0.15) is 66.7 Å². The van der Waals surface area contributed by atoms with Crippen molar-refractivity contribution in [2.24, 2.45) is 5.92 Å². The Hall–Kier alpha value is -4.68. The number of methoxy groups -OCH3 is 1. The molecular formula is C39H44N2O18. The number of carbonyl (C=O) groups is 4. The first-order valence-electron chi connectivity index (χ1n) is 18.5. The van der Waals surface area contributed by atoms with Gasteiger partial charge in [-0.15, -0.1) is 0 Å². The summed E-state index contributed by atoms with van der Waals surface area (Å²) in [6.07, 6.45) is -14.2. The number of aliphatic carboxylic acids is 1. The van der Waals surface area contributed by atoms with Crippen molar-refractivity contribution >= 4 is 29.0 Å². The van der Waals surface area contributed by atoms with Gasteiger partial charge in [0.15, 0.2) is 24.1 Å². The van der Waals surface area contributed by atoms with Crippen molar-refractivity contribution in [3.63, 3.8) is 0 Å². The summed E-state index contributed by atoms with van der Waals surface area (Å²) in [5, 5.41) is 104. The number of ether oxygens (including phenoxy) is 5. The van der Waals surface area contributed by atoms with Gasteiger partial charge in [0.25, 0.3) is 0 Å². The highest BCUT2D eigenvalue weighted by Gasteiger charge is 2.55. The largest absolute Gasteiger partial charge is 0.507 e. The van der Waals surface area contributed by atoms with Gasteiger partial charge >= 0.3 is 5.97 Å². The van der Waals surface area contributed by atoms with Crippen LogP contribution >= 0.6 is 0 Å². The molecular weight excluding hydrogens is 784 g/mol. The molecule has 1 unspecified atom stereocenters. The van der Waals surface area contributed by atoms with Crippen molar-refractivity contribution < 1.29 is 88.8 Å². The maximum Gasteiger partial charge on any atom is 0.322 e. The van der Waals surface area contributed by atoms with Crippen LogP contribution in [0, 0.1) is 5.92 Å². The highest BCUT2D eigenvalue weighted by atomic mass is 16.7. The number of phenolic OH excluding ortho intramolecular Hbond substituents is 1. The molecule has 0 aromatic heterocycles. The van der Waals surface area contributed by atoms with Crippen LogP contribution in [0.2, 0.25) is 0 Å². The van der Waals surface area contributed by atoms with Crippen LogP contribution in [-0.4, -0.2) is 164 Å². The first kappa shape index (κ1) is 42.4. The van der Waals surface area contributed by atoms with Gasteiger partial charge in [-0.05, 0) is 55.8 Å². The third kappa shape index (κ3) is 7.03. The lowest BCUT2D eigenvalue weighted by Crippen LogP contribution is -2.65. The van der Waals surface area contributed by atoms with Crippen molar-refractivity contribution in [1.29, 1.82) is 0 Å². The molecule has 1 amide bonds. The van der Waals surface area contributed by atoms with Crippen molar-refractivity contribution in [3.05, 3.63) is 74.9 Å². The second kappa shape index (κ2) is 15.7. The number of aliphatic hydroxyl groups is 7. The van der Waals surface area contributed by atoms with Gasteiger partial charge in [-0.2, -0.15) is 0 Å². The van der Waals surface area contributed by atoms with Gasteiger partial charge in [0, 0.05) is 28.3 Å². The van der Waals surface area contributed by atoms with Crippen LogP contribution in [0.5, 0.6) is 11.5 Å². The molecule has 20 heteroatoms. The van der Waals surface area contributed by atoms with Crippen LogP contribution in [0.3, 0.4) is 0 Å². The molecule has 7 rings (SSSR count). The summed E-state index contributed by atoms with van der Waals surface area (Å²) < 4.78 is 28.9. The summed E-state index contributed by atoms with van der Waals surface area (Å²) in [7, 11) is 2.82. The standard InChI is InChI=1S/C39H44N2O18/c1-12-5-20-26(39(53,54)25(12)36(52)41-10-23(44)45)15-8-17-18(29(47)24-19(28(17)46)6-14(55-4)7-21(24)42)9-16(15)30(48)34(20)58-38-33(51)35(27(40-3)13(2)57-38)59-37-32(50)31(49)22(43)11-56-37/h5-9,13,22,25,27,30-35,37-38,40,42-43,48-51,53-54H,10-11H2,1-4H3,(H,41,52)(H,44,45)/t13-,22-,25?,27+,30+,31+,32-,33-,34+,35+,37+,38+/m1/s1. The zero-order chi connectivity index (χ0) is 43.0. The second-order valence-corrected chi connectivity index (χ2v) is 15.1. The predicted octanol–water partition coefficient (Wildman–Crippen LogP) is -2.66. The molecule has 0 saturated carbocycles. The van der Waals surface area contributed by atoms with Crippen LogP contribution < -0.4 is 15.4 Å². The van der Waals surface area contributed by atoms with Crippen LogP contribution in [0.25, 0.3) is 5.57 Å². The number of amides is 1. The van der Waals surface area contributed by atoms with Crippen LogP contribution in [0.4, 0.5) is 0 Å². The molecule has 2 saturated heterocycles. The number of rotatable bonds is 9. The number of aromatic hydroxyl groups is 1. The number of fused-ring (bicyclic) bond motifs is 4. The molecule has 2 aliphatic heterocycles. The fraction of sp³-hybridized carbons (Fsp3) is 0.487. The van der Waals surface area contributed by atoms with Gasteiger partial charge < -0.3 is 80.3 Å². The lowest BCUT2D eigenvalue weighted by atomic mass is 9.68. The molecule has 2 aromatic rings. The Morgan fingerprint density at radius 3 is 2.27 bits per heavy atom. The minimum Gasteiger partial charge on any atom is -0.507 e. The van der Waals surface area contributed by atoms with E-state index in [1.165, 1.54) is 33.2 Å². The highest BCUT2D eigenvalue weighted by Crippen LogP contribution is 2.52. The average Bonchev–Trinajstić information content (AvgIpc) is 3.18. The number of hydrogen-bond donors (Lipinski definition) is 11. The normalized spacial score (nSPS) is 33.6. The Labute approximate surface area is 334 Å². The molecule has 0 spiro atoms. The lowest BCUT2D eigenvalue weighted by Gasteiger charge is -2.48. The Kier molecular flexibility index (Phi) is 11.3. The number of likely N-dealkylation sites (N-methyl/N-ethyl adjacent to an activating group) is 1. The van der Waals surface area contributed by atoms with Crippen LogP contribution in [-0.2, 0) is 28.5 Å². The SMILES string of the molecule is CN[C@@H]1[C@H](O[C@@H]2OC[C@@H](O)[C@H](O)[C@H]2O)[C@@H](O)[C@H](O[C@H]2C3=C(c4cc5c(cc4[C@@H]2O)C(=O)c2c(O)cc(OC)cc2C5=O)C(O)(O)C(C(=O)NCC(=O)O)C(C)=C3)O[C@@H]1C. The van der Waals surface area contributed by atoms with Crippen molar-refractivity contribution in [3.8, 4) is 11.5 Å². The molecule has 2 heterocycles. The van der Waals surface area contributed by atoms with Gasteiger partial charge in [-0.3, -0.25) is 19.2 Å². The van der Waals surface area contributed by atoms with Crippen LogP contribution in [0.1, 0.15) is 62.9 Å².